The third-order valence-electron chi connectivity index (χ3n) is 3.14. The van der Waals surface area contributed by atoms with Crippen molar-refractivity contribution in [3.05, 3.63) is 46.5 Å². The van der Waals surface area contributed by atoms with Gasteiger partial charge in [0, 0.05) is 5.56 Å². The summed E-state index contributed by atoms with van der Waals surface area (Å²) in [5.41, 5.74) is 0.499. The van der Waals surface area contributed by atoms with Crippen LogP contribution in [-0.4, -0.2) is 19.8 Å². The van der Waals surface area contributed by atoms with Gasteiger partial charge in [0.05, 0.1) is 0 Å². The van der Waals surface area contributed by atoms with E-state index < -0.39 is 43.7 Å². The first-order valence-corrected chi connectivity index (χ1v) is 7.96. The van der Waals surface area contributed by atoms with Crippen LogP contribution in [0.5, 0.6) is 0 Å². The van der Waals surface area contributed by atoms with E-state index in [4.69, 9.17) is 4.84 Å². The zero-order valence-electron chi connectivity index (χ0n) is 12.2. The summed E-state index contributed by atoms with van der Waals surface area (Å²) in [6.45, 7) is 4.15. The monoisotopic (exact) mass is 331 g/mol. The molecule has 1 atom stereocenters. The van der Waals surface area contributed by atoms with E-state index in [1.807, 2.05) is 0 Å². The van der Waals surface area contributed by atoms with Crippen molar-refractivity contribution in [2.75, 3.05) is 0 Å². The largest absolute Gasteiger partial charge is 0.298 e. The molecular weight excluding hydrogens is 316 g/mol. The molecule has 0 amide bonds. The van der Waals surface area contributed by atoms with E-state index in [9.17, 15) is 22.0 Å². The Morgan fingerprint density at radius 2 is 1.82 bits per heavy atom. The molecule has 1 aromatic rings. The van der Waals surface area contributed by atoms with Gasteiger partial charge in [0.2, 0.25) is 9.84 Å². The van der Waals surface area contributed by atoms with Crippen LogP contribution in [0.3, 0.4) is 0 Å². The molecule has 0 fully saturated rings. The van der Waals surface area contributed by atoms with Crippen molar-refractivity contribution in [1.82, 2.24) is 5.48 Å². The van der Waals surface area contributed by atoms with Gasteiger partial charge >= 0.3 is 0 Å². The maximum atomic E-state index is 13.9. The lowest BCUT2D eigenvalue weighted by atomic mass is 10.1. The maximum Gasteiger partial charge on any atom is 0.209 e. The molecule has 8 heteroatoms. The van der Waals surface area contributed by atoms with Gasteiger partial charge in [-0.1, -0.05) is 6.07 Å². The number of rotatable bonds is 4. The summed E-state index contributed by atoms with van der Waals surface area (Å²) >= 11 is 0. The molecule has 1 aliphatic rings. The molecule has 1 aromatic carbocycles. The predicted molar refractivity (Wildman–Crippen MR) is 75.1 cm³/mol. The van der Waals surface area contributed by atoms with Crippen LogP contribution in [0.4, 0.5) is 8.78 Å². The summed E-state index contributed by atoms with van der Waals surface area (Å²) in [6.07, 6.45) is 1.25. The van der Waals surface area contributed by atoms with Crippen LogP contribution in [-0.2, 0) is 19.5 Å². The first kappa shape index (κ1) is 16.6. The van der Waals surface area contributed by atoms with Crippen LogP contribution in [0, 0.1) is 11.6 Å². The van der Waals surface area contributed by atoms with Gasteiger partial charge < -0.3 is 0 Å². The number of hydrogen-bond donors (Lipinski definition) is 1. The van der Waals surface area contributed by atoms with Crippen molar-refractivity contribution in [3.63, 3.8) is 0 Å². The third-order valence-corrected chi connectivity index (χ3v) is 5.14. The zero-order valence-corrected chi connectivity index (χ0v) is 13.0. The van der Waals surface area contributed by atoms with Crippen molar-refractivity contribution in [1.29, 1.82) is 0 Å². The second-order valence-corrected chi connectivity index (χ2v) is 7.49. The highest BCUT2D eigenvalue weighted by atomic mass is 32.2. The van der Waals surface area contributed by atoms with Gasteiger partial charge in [0.15, 0.2) is 16.1 Å². The van der Waals surface area contributed by atoms with Crippen LogP contribution in [0.15, 0.2) is 29.3 Å². The molecule has 5 nitrogen and oxygen atoms in total. The summed E-state index contributed by atoms with van der Waals surface area (Å²) in [6, 6.07) is 2.90. The van der Waals surface area contributed by atoms with Crippen molar-refractivity contribution >= 4 is 15.6 Å². The van der Waals surface area contributed by atoms with Crippen LogP contribution >= 0.6 is 0 Å². The molecule has 1 unspecified atom stereocenters. The molecule has 22 heavy (non-hydrogen) atoms. The average molecular weight is 331 g/mol. The minimum Gasteiger partial charge on any atom is -0.298 e. The Morgan fingerprint density at radius 3 is 2.23 bits per heavy atom. The lowest BCUT2D eigenvalue weighted by Gasteiger charge is -2.17. The highest BCUT2D eigenvalue weighted by molar-refractivity contribution is 7.96. The van der Waals surface area contributed by atoms with E-state index in [0.29, 0.717) is 0 Å². The normalized spacial score (nSPS) is 18.5. The average Bonchev–Trinajstić information content (AvgIpc) is 2.74. The Hall–Kier alpha value is -1.80. The molecule has 120 valence electrons. The quantitative estimate of drug-likeness (QED) is 0.915. The second-order valence-electron chi connectivity index (χ2n) is 5.49. The number of carbonyl (C=O) groups excluding carboxylic acids is 1. The molecule has 0 aliphatic carbocycles. The van der Waals surface area contributed by atoms with E-state index in [2.05, 4.69) is 5.48 Å². The highest BCUT2D eigenvalue weighted by Crippen LogP contribution is 2.34. The molecule has 2 rings (SSSR count). The molecule has 0 bridgehead atoms. The Bertz CT molecular complexity index is 736. The second kappa shape index (κ2) is 5.44. The lowest BCUT2D eigenvalue weighted by Crippen LogP contribution is -2.28. The number of hydrogen-bond acceptors (Lipinski definition) is 5. The van der Waals surface area contributed by atoms with E-state index in [1.165, 1.54) is 6.08 Å². The Kier molecular flexibility index (Phi) is 4.09. The van der Waals surface area contributed by atoms with Gasteiger partial charge in [-0.3, -0.25) is 15.1 Å². The van der Waals surface area contributed by atoms with Gasteiger partial charge in [0.25, 0.3) is 0 Å². The van der Waals surface area contributed by atoms with Crippen molar-refractivity contribution < 1.29 is 26.8 Å². The fourth-order valence-electron chi connectivity index (χ4n) is 2.16. The smallest absolute Gasteiger partial charge is 0.209 e. The van der Waals surface area contributed by atoms with Gasteiger partial charge in [-0.05, 0) is 39.0 Å². The lowest BCUT2D eigenvalue weighted by molar-refractivity contribution is -0.116. The SMILES string of the molecule is CC(=O)C(c1c(F)cccc1F)S(=O)(=O)C1=CC(C)(C)ON1. The summed E-state index contributed by atoms with van der Waals surface area (Å²) in [4.78, 5) is 16.9. The van der Waals surface area contributed by atoms with E-state index in [1.54, 1.807) is 13.8 Å². The first-order chi connectivity index (χ1) is 10.1. The summed E-state index contributed by atoms with van der Waals surface area (Å²) < 4.78 is 53.0. The Morgan fingerprint density at radius 1 is 1.27 bits per heavy atom. The summed E-state index contributed by atoms with van der Waals surface area (Å²) in [7, 11) is -4.37. The molecule has 0 radical (unpaired) electrons. The van der Waals surface area contributed by atoms with Gasteiger partial charge in [-0.2, -0.15) is 0 Å². The van der Waals surface area contributed by atoms with E-state index in [-0.39, 0.29) is 5.03 Å². The Balaban J connectivity index is 2.61. The Labute approximate surface area is 126 Å². The third kappa shape index (κ3) is 2.89. The highest BCUT2D eigenvalue weighted by Gasteiger charge is 2.42. The molecule has 1 N–H and O–H groups in total. The molecule has 0 aromatic heterocycles. The number of carbonyl (C=O) groups is 1. The standard InChI is InChI=1S/C14H15F2NO4S/c1-8(18)13(12-9(15)5-4-6-10(12)16)22(19,20)11-7-14(2,3)21-17-11/h4-7,13,17H,1-3H3. The number of ketones is 1. The predicted octanol–water partition coefficient (Wildman–Crippen LogP) is 2.16. The van der Waals surface area contributed by atoms with Crippen molar-refractivity contribution in [2.45, 2.75) is 31.6 Å². The van der Waals surface area contributed by atoms with Crippen molar-refractivity contribution in [2.24, 2.45) is 0 Å². The number of nitrogens with one attached hydrogen (secondary N) is 1. The van der Waals surface area contributed by atoms with Gasteiger partial charge in [0.1, 0.15) is 17.2 Å². The minimum absolute atomic E-state index is 0.389. The maximum absolute atomic E-state index is 13.9. The zero-order chi connectivity index (χ0) is 16.7. The van der Waals surface area contributed by atoms with Gasteiger partial charge in [-0.25, -0.2) is 17.2 Å². The number of hydroxylamine groups is 1. The van der Waals surface area contributed by atoms with Gasteiger partial charge in [-0.15, -0.1) is 0 Å². The molecule has 1 heterocycles. The molecule has 0 spiro atoms. The minimum atomic E-state index is -4.37. The fraction of sp³-hybridized carbons (Fsp3) is 0.357. The summed E-state index contributed by atoms with van der Waals surface area (Å²) in [5.74, 6) is -3.08. The van der Waals surface area contributed by atoms with Crippen molar-refractivity contribution in [3.8, 4) is 0 Å². The van der Waals surface area contributed by atoms with Crippen LogP contribution in [0.2, 0.25) is 0 Å². The number of sulfone groups is 1. The number of halogens is 2. The topological polar surface area (TPSA) is 72.5 Å². The van der Waals surface area contributed by atoms with Crippen LogP contribution in [0.25, 0.3) is 0 Å². The number of Topliss-reactive ketones (excluding diaryl/α,β-unsaturated/α-hetero) is 1. The fourth-order valence-corrected chi connectivity index (χ4v) is 3.99. The molecule has 1 aliphatic heterocycles. The van der Waals surface area contributed by atoms with E-state index in [0.717, 1.165) is 25.1 Å². The molecule has 0 saturated heterocycles. The summed E-state index contributed by atoms with van der Waals surface area (Å²) in [5, 5.41) is -2.37. The number of benzene rings is 1. The van der Waals surface area contributed by atoms with Crippen LogP contribution in [0.1, 0.15) is 31.6 Å². The molecular formula is C14H15F2NO4S. The first-order valence-electron chi connectivity index (χ1n) is 6.41. The van der Waals surface area contributed by atoms with E-state index >= 15 is 0 Å². The molecule has 0 saturated carbocycles. The van der Waals surface area contributed by atoms with Crippen LogP contribution < -0.4 is 5.48 Å².